The molecule has 0 N–H and O–H groups in total. The number of alkyl halides is 2. The van der Waals surface area contributed by atoms with Gasteiger partial charge in [0.15, 0.2) is 0 Å². The van der Waals surface area contributed by atoms with Crippen LogP contribution in [0.4, 0.5) is 13.2 Å². The summed E-state index contributed by atoms with van der Waals surface area (Å²) in [7, 11) is 0. The Labute approximate surface area is 215 Å². The lowest BCUT2D eigenvalue weighted by atomic mass is 9.77. The molecular weight excluding hydrogens is 457 g/mol. The van der Waals surface area contributed by atoms with E-state index >= 15 is 0 Å². The first kappa shape index (κ1) is 27.2. The van der Waals surface area contributed by atoms with Gasteiger partial charge in [0, 0.05) is 0 Å². The standard InChI is InChI=1S/C32H43F3O/c1-3-5-24-8-16-28(17-9-24)29-18-19-30(31(33)22-29)32(34,35)36-21-20-25-10-14-27(15-11-25)26-12-6-23(4-2)7-13-26/h10-11,14-15,18-19,22-24,26,28H,3-9,12-13,16-17,20-21H2,1-2H3/t23-,24-,26-,28-. The van der Waals surface area contributed by atoms with Crippen LogP contribution < -0.4 is 0 Å². The molecule has 0 radical (unpaired) electrons. The fourth-order valence-electron chi connectivity index (χ4n) is 6.45. The maximum Gasteiger partial charge on any atom is 0.386 e. The van der Waals surface area contributed by atoms with Gasteiger partial charge in [-0.1, -0.05) is 63.4 Å². The van der Waals surface area contributed by atoms with Crippen molar-refractivity contribution in [1.29, 1.82) is 0 Å². The fourth-order valence-corrected chi connectivity index (χ4v) is 6.45. The summed E-state index contributed by atoms with van der Waals surface area (Å²) in [5.41, 5.74) is 2.49. The van der Waals surface area contributed by atoms with Crippen LogP contribution in [-0.2, 0) is 17.3 Å². The van der Waals surface area contributed by atoms with Crippen LogP contribution in [0.2, 0.25) is 0 Å². The first-order chi connectivity index (χ1) is 17.4. The first-order valence-corrected chi connectivity index (χ1v) is 14.3. The minimum absolute atomic E-state index is 0.156. The van der Waals surface area contributed by atoms with Crippen LogP contribution in [0, 0.1) is 17.7 Å². The lowest BCUT2D eigenvalue weighted by Gasteiger charge is -2.29. The van der Waals surface area contributed by atoms with Crippen molar-refractivity contribution in [3.63, 3.8) is 0 Å². The molecule has 0 spiro atoms. The summed E-state index contributed by atoms with van der Waals surface area (Å²) >= 11 is 0. The quantitative estimate of drug-likeness (QED) is 0.315. The Hall–Kier alpha value is -1.81. The fraction of sp³-hybridized carbons (Fsp3) is 0.625. The average Bonchev–Trinajstić information content (AvgIpc) is 2.89. The van der Waals surface area contributed by atoms with Crippen molar-refractivity contribution >= 4 is 0 Å². The lowest BCUT2D eigenvalue weighted by Crippen LogP contribution is -2.22. The second-order valence-electron chi connectivity index (χ2n) is 11.2. The van der Waals surface area contributed by atoms with Gasteiger partial charge in [0.05, 0.1) is 12.2 Å². The van der Waals surface area contributed by atoms with E-state index in [9.17, 15) is 13.2 Å². The van der Waals surface area contributed by atoms with Crippen molar-refractivity contribution in [2.75, 3.05) is 6.61 Å². The number of halogens is 3. The predicted molar refractivity (Wildman–Crippen MR) is 141 cm³/mol. The number of hydrogen-bond acceptors (Lipinski definition) is 1. The topological polar surface area (TPSA) is 9.23 Å². The zero-order chi connectivity index (χ0) is 25.5. The molecule has 0 amide bonds. The summed E-state index contributed by atoms with van der Waals surface area (Å²) in [6.07, 6.45) is 9.80. The monoisotopic (exact) mass is 500 g/mol. The van der Waals surface area contributed by atoms with Crippen molar-refractivity contribution < 1.29 is 17.9 Å². The Kier molecular flexibility index (Phi) is 9.55. The van der Waals surface area contributed by atoms with Gasteiger partial charge in [0.2, 0.25) is 0 Å². The van der Waals surface area contributed by atoms with E-state index in [0.29, 0.717) is 12.3 Å². The first-order valence-electron chi connectivity index (χ1n) is 14.3. The van der Waals surface area contributed by atoms with E-state index in [4.69, 9.17) is 4.74 Å². The molecule has 0 bridgehead atoms. The molecule has 2 aliphatic carbocycles. The maximum atomic E-state index is 14.8. The number of benzene rings is 2. The van der Waals surface area contributed by atoms with Crippen LogP contribution in [0.25, 0.3) is 0 Å². The zero-order valence-corrected chi connectivity index (χ0v) is 22.1. The summed E-state index contributed by atoms with van der Waals surface area (Å²) in [6.45, 7) is 4.32. The van der Waals surface area contributed by atoms with Gasteiger partial charge in [-0.2, -0.15) is 8.78 Å². The van der Waals surface area contributed by atoms with E-state index < -0.39 is 17.5 Å². The largest absolute Gasteiger partial charge is 0.386 e. The van der Waals surface area contributed by atoms with E-state index in [1.54, 1.807) is 6.07 Å². The molecule has 36 heavy (non-hydrogen) atoms. The molecule has 0 saturated heterocycles. The Morgan fingerprint density at radius 2 is 1.36 bits per heavy atom. The van der Waals surface area contributed by atoms with Crippen LogP contribution in [0.15, 0.2) is 42.5 Å². The van der Waals surface area contributed by atoms with Gasteiger partial charge < -0.3 is 4.74 Å². The highest BCUT2D eigenvalue weighted by atomic mass is 19.3. The van der Waals surface area contributed by atoms with Crippen molar-refractivity contribution in [1.82, 2.24) is 0 Å². The normalized spacial score (nSPS) is 25.1. The molecular formula is C32H43F3O. The Morgan fingerprint density at radius 3 is 1.94 bits per heavy atom. The van der Waals surface area contributed by atoms with Crippen LogP contribution in [0.5, 0.6) is 0 Å². The van der Waals surface area contributed by atoms with E-state index in [-0.39, 0.29) is 12.5 Å². The van der Waals surface area contributed by atoms with Crippen LogP contribution in [0.1, 0.15) is 119 Å². The van der Waals surface area contributed by atoms with Crippen LogP contribution in [0.3, 0.4) is 0 Å². The molecule has 0 atom stereocenters. The summed E-state index contributed by atoms with van der Waals surface area (Å²) in [4.78, 5) is 0. The molecule has 2 saturated carbocycles. The lowest BCUT2D eigenvalue weighted by molar-refractivity contribution is -0.249. The summed E-state index contributed by atoms with van der Waals surface area (Å²) in [6, 6.07) is 12.5. The van der Waals surface area contributed by atoms with Gasteiger partial charge >= 0.3 is 6.11 Å². The third-order valence-corrected chi connectivity index (χ3v) is 8.87. The molecule has 0 aliphatic heterocycles. The SMILES string of the molecule is CCC[C@H]1CC[C@H](c2ccc(C(F)(F)OCCc3ccc([C@H]4CC[C@H](CC)CC4)cc3)c(F)c2)CC1. The van der Waals surface area contributed by atoms with Crippen molar-refractivity contribution in [2.24, 2.45) is 11.8 Å². The molecule has 4 rings (SSSR count). The molecule has 0 unspecified atom stereocenters. The highest BCUT2D eigenvalue weighted by Gasteiger charge is 2.36. The van der Waals surface area contributed by atoms with E-state index in [2.05, 4.69) is 26.0 Å². The molecule has 2 aliphatic rings. The highest BCUT2D eigenvalue weighted by Crippen LogP contribution is 2.40. The maximum absolute atomic E-state index is 14.8. The van der Waals surface area contributed by atoms with E-state index in [1.165, 1.54) is 62.6 Å². The second kappa shape index (κ2) is 12.6. The smallest absolute Gasteiger partial charge is 0.316 e. The van der Waals surface area contributed by atoms with Crippen molar-refractivity contribution in [3.05, 3.63) is 70.5 Å². The van der Waals surface area contributed by atoms with Crippen molar-refractivity contribution in [3.8, 4) is 0 Å². The predicted octanol–water partition coefficient (Wildman–Crippen LogP) is 9.89. The average molecular weight is 501 g/mol. The molecule has 4 heteroatoms. The summed E-state index contributed by atoms with van der Waals surface area (Å²) in [5.74, 6) is 1.63. The minimum Gasteiger partial charge on any atom is -0.316 e. The number of hydrogen-bond donors (Lipinski definition) is 0. The van der Waals surface area contributed by atoms with E-state index in [1.807, 2.05) is 12.1 Å². The van der Waals surface area contributed by atoms with Gasteiger partial charge in [-0.05, 0) is 110 Å². The molecule has 2 aromatic rings. The third kappa shape index (κ3) is 6.94. The van der Waals surface area contributed by atoms with Crippen LogP contribution >= 0.6 is 0 Å². The Morgan fingerprint density at radius 1 is 0.778 bits per heavy atom. The molecule has 1 nitrogen and oxygen atoms in total. The number of ether oxygens (including phenoxy) is 1. The highest BCUT2D eigenvalue weighted by molar-refractivity contribution is 5.29. The molecule has 2 aromatic carbocycles. The molecule has 0 aromatic heterocycles. The van der Waals surface area contributed by atoms with E-state index in [0.717, 1.165) is 48.6 Å². The van der Waals surface area contributed by atoms with Gasteiger partial charge in [-0.15, -0.1) is 0 Å². The Bertz CT molecular complexity index is 938. The molecule has 2 fully saturated rings. The Balaban J connectivity index is 1.27. The van der Waals surface area contributed by atoms with Gasteiger partial charge in [0.1, 0.15) is 5.82 Å². The minimum atomic E-state index is -3.64. The van der Waals surface area contributed by atoms with Gasteiger partial charge in [0.25, 0.3) is 0 Å². The van der Waals surface area contributed by atoms with Crippen molar-refractivity contribution in [2.45, 2.75) is 109 Å². The van der Waals surface area contributed by atoms with Crippen LogP contribution in [-0.4, -0.2) is 6.61 Å². The molecule has 0 heterocycles. The summed E-state index contributed by atoms with van der Waals surface area (Å²) < 4.78 is 49.2. The third-order valence-electron chi connectivity index (χ3n) is 8.87. The zero-order valence-electron chi connectivity index (χ0n) is 22.1. The summed E-state index contributed by atoms with van der Waals surface area (Å²) in [5, 5.41) is 0. The molecule has 198 valence electrons. The van der Waals surface area contributed by atoms with Gasteiger partial charge in [-0.25, -0.2) is 4.39 Å². The van der Waals surface area contributed by atoms with Gasteiger partial charge in [-0.3, -0.25) is 0 Å². The second-order valence-corrected chi connectivity index (χ2v) is 11.2. The number of rotatable bonds is 10.